The Bertz CT molecular complexity index is 1240. The quantitative estimate of drug-likeness (QED) is 0.456. The van der Waals surface area contributed by atoms with Gasteiger partial charge in [-0.3, -0.25) is 9.59 Å². The number of carbonyl (C=O) groups excluding carboxylic acids is 2. The van der Waals surface area contributed by atoms with Crippen molar-refractivity contribution in [2.45, 2.75) is 6.92 Å². The Hall–Kier alpha value is -3.65. The Morgan fingerprint density at radius 2 is 1.93 bits per heavy atom. The number of ketones is 1. The lowest BCUT2D eigenvalue weighted by Crippen LogP contribution is -2.20. The Labute approximate surface area is 175 Å². The molecule has 2 heterocycles. The summed E-state index contributed by atoms with van der Waals surface area (Å²) < 4.78 is 18.9. The normalized spacial score (nSPS) is 10.7. The van der Waals surface area contributed by atoms with Gasteiger partial charge in [0.25, 0.3) is 5.91 Å². The minimum absolute atomic E-state index is 0.0866. The Kier molecular flexibility index (Phi) is 5.49. The molecule has 0 radical (unpaired) electrons. The molecule has 0 aliphatic heterocycles. The Balaban J connectivity index is 1.53. The summed E-state index contributed by atoms with van der Waals surface area (Å²) in [5.41, 5.74) is 2.62. The van der Waals surface area contributed by atoms with Gasteiger partial charge in [0, 0.05) is 22.2 Å². The van der Waals surface area contributed by atoms with Crippen molar-refractivity contribution in [1.82, 2.24) is 9.97 Å². The Morgan fingerprint density at radius 1 is 1.13 bits per heavy atom. The molecule has 150 valence electrons. The zero-order valence-electron chi connectivity index (χ0n) is 15.9. The standard InChI is InChI=1S/C22H16FN3O3S/c1-13(27)15-3-2-4-17(9-15)26-19(28)10-29-21-20-18(11-30-22(20)25-12-24-21)14-5-7-16(23)8-6-14/h2-9,11-12H,10H2,1H3,(H,26,28). The van der Waals surface area contributed by atoms with E-state index in [0.717, 1.165) is 11.1 Å². The highest BCUT2D eigenvalue weighted by Gasteiger charge is 2.15. The number of nitrogens with one attached hydrogen (secondary N) is 1. The molecular weight excluding hydrogens is 405 g/mol. The predicted molar refractivity (Wildman–Crippen MR) is 113 cm³/mol. The average molecular weight is 421 g/mol. The van der Waals surface area contributed by atoms with Gasteiger partial charge >= 0.3 is 0 Å². The molecule has 2 aromatic heterocycles. The topological polar surface area (TPSA) is 81.2 Å². The third-order valence-electron chi connectivity index (χ3n) is 4.38. The number of ether oxygens (including phenoxy) is 1. The number of carbonyl (C=O) groups is 2. The lowest BCUT2D eigenvalue weighted by atomic mass is 10.1. The van der Waals surface area contributed by atoms with Crippen LogP contribution in [0.1, 0.15) is 17.3 Å². The first kappa shape index (κ1) is 19.7. The fraction of sp³-hybridized carbons (Fsp3) is 0.0909. The molecule has 0 saturated carbocycles. The minimum Gasteiger partial charge on any atom is -0.467 e. The zero-order chi connectivity index (χ0) is 21.1. The number of halogens is 1. The van der Waals surface area contributed by atoms with Crippen molar-refractivity contribution < 1.29 is 18.7 Å². The average Bonchev–Trinajstić information content (AvgIpc) is 3.18. The monoisotopic (exact) mass is 421 g/mol. The largest absolute Gasteiger partial charge is 0.467 e. The van der Waals surface area contributed by atoms with E-state index >= 15 is 0 Å². The molecule has 1 N–H and O–H groups in total. The van der Waals surface area contributed by atoms with Crippen LogP contribution in [-0.2, 0) is 4.79 Å². The number of rotatable bonds is 6. The summed E-state index contributed by atoms with van der Waals surface area (Å²) >= 11 is 1.41. The molecule has 2 aromatic carbocycles. The van der Waals surface area contributed by atoms with Crippen molar-refractivity contribution in [1.29, 1.82) is 0 Å². The lowest BCUT2D eigenvalue weighted by molar-refractivity contribution is -0.118. The summed E-state index contributed by atoms with van der Waals surface area (Å²) in [7, 11) is 0. The van der Waals surface area contributed by atoms with Gasteiger partial charge in [0.1, 0.15) is 17.0 Å². The van der Waals surface area contributed by atoms with Crippen LogP contribution in [0.4, 0.5) is 10.1 Å². The third kappa shape index (κ3) is 4.18. The molecule has 6 nitrogen and oxygen atoms in total. The molecule has 1 amide bonds. The molecule has 4 aromatic rings. The summed E-state index contributed by atoms with van der Waals surface area (Å²) in [6.45, 7) is 1.19. The van der Waals surface area contributed by atoms with E-state index in [1.165, 1.54) is 36.7 Å². The van der Waals surface area contributed by atoms with Crippen molar-refractivity contribution in [2.75, 3.05) is 11.9 Å². The fourth-order valence-electron chi connectivity index (χ4n) is 2.95. The first-order valence-electron chi connectivity index (χ1n) is 9.03. The zero-order valence-corrected chi connectivity index (χ0v) is 16.7. The highest BCUT2D eigenvalue weighted by Crippen LogP contribution is 2.37. The SMILES string of the molecule is CC(=O)c1cccc(NC(=O)COc2ncnc3scc(-c4ccc(F)cc4)c23)c1. The first-order valence-corrected chi connectivity index (χ1v) is 9.91. The first-order chi connectivity index (χ1) is 14.5. The predicted octanol–water partition coefficient (Wildman–Crippen LogP) is 4.72. The van der Waals surface area contributed by atoms with Gasteiger partial charge in [-0.05, 0) is 36.8 Å². The molecule has 0 unspecified atom stereocenters. The van der Waals surface area contributed by atoms with Crippen LogP contribution in [0.2, 0.25) is 0 Å². The van der Waals surface area contributed by atoms with E-state index in [0.29, 0.717) is 21.5 Å². The molecule has 0 fully saturated rings. The van der Waals surface area contributed by atoms with Crippen LogP contribution in [0.3, 0.4) is 0 Å². The number of thiophene rings is 1. The maximum absolute atomic E-state index is 13.3. The van der Waals surface area contributed by atoms with Crippen LogP contribution in [0.15, 0.2) is 60.2 Å². The molecule has 4 rings (SSSR count). The van der Waals surface area contributed by atoms with Crippen LogP contribution in [0.5, 0.6) is 5.88 Å². The smallest absolute Gasteiger partial charge is 0.262 e. The van der Waals surface area contributed by atoms with Crippen LogP contribution in [0.25, 0.3) is 21.3 Å². The van der Waals surface area contributed by atoms with Gasteiger partial charge in [-0.25, -0.2) is 14.4 Å². The summed E-state index contributed by atoms with van der Waals surface area (Å²) in [4.78, 5) is 32.9. The Morgan fingerprint density at radius 3 is 2.70 bits per heavy atom. The maximum Gasteiger partial charge on any atom is 0.262 e. The molecule has 8 heteroatoms. The molecule has 0 aliphatic carbocycles. The number of hydrogen-bond acceptors (Lipinski definition) is 6. The fourth-order valence-corrected chi connectivity index (χ4v) is 3.85. The summed E-state index contributed by atoms with van der Waals surface area (Å²) in [6, 6.07) is 12.8. The van der Waals surface area contributed by atoms with E-state index in [2.05, 4.69) is 15.3 Å². The van der Waals surface area contributed by atoms with E-state index in [1.807, 2.05) is 5.38 Å². The van der Waals surface area contributed by atoms with Gasteiger partial charge < -0.3 is 10.1 Å². The summed E-state index contributed by atoms with van der Waals surface area (Å²) in [5, 5.41) is 5.27. The number of fused-ring (bicyclic) bond motifs is 1. The van der Waals surface area contributed by atoms with Crippen molar-refractivity contribution in [3.05, 3.63) is 71.6 Å². The summed E-state index contributed by atoms with van der Waals surface area (Å²) in [6.07, 6.45) is 1.37. The molecule has 0 bridgehead atoms. The van der Waals surface area contributed by atoms with E-state index < -0.39 is 0 Å². The molecule has 30 heavy (non-hydrogen) atoms. The number of anilines is 1. The second-order valence-electron chi connectivity index (χ2n) is 6.49. The molecule has 0 atom stereocenters. The van der Waals surface area contributed by atoms with Gasteiger partial charge in [-0.15, -0.1) is 11.3 Å². The van der Waals surface area contributed by atoms with E-state index in [-0.39, 0.29) is 30.0 Å². The van der Waals surface area contributed by atoms with Gasteiger partial charge in [0.05, 0.1) is 5.39 Å². The molecule has 0 saturated heterocycles. The highest BCUT2D eigenvalue weighted by molar-refractivity contribution is 7.17. The van der Waals surface area contributed by atoms with E-state index in [9.17, 15) is 14.0 Å². The molecular formula is C22H16FN3O3S. The second kappa shape index (κ2) is 8.38. The highest BCUT2D eigenvalue weighted by atomic mass is 32.1. The number of benzene rings is 2. The minimum atomic E-state index is -0.388. The van der Waals surface area contributed by atoms with Crippen LogP contribution in [0, 0.1) is 5.82 Å². The van der Waals surface area contributed by atoms with E-state index in [4.69, 9.17) is 4.74 Å². The van der Waals surface area contributed by atoms with Crippen molar-refractivity contribution in [3.63, 3.8) is 0 Å². The molecule has 0 spiro atoms. The summed E-state index contributed by atoms with van der Waals surface area (Å²) in [5.74, 6) is -0.526. The van der Waals surface area contributed by atoms with Gasteiger partial charge in [0.2, 0.25) is 5.88 Å². The van der Waals surface area contributed by atoms with Crippen molar-refractivity contribution >= 4 is 38.9 Å². The van der Waals surface area contributed by atoms with Crippen molar-refractivity contribution in [2.24, 2.45) is 0 Å². The van der Waals surface area contributed by atoms with Crippen LogP contribution >= 0.6 is 11.3 Å². The second-order valence-corrected chi connectivity index (χ2v) is 7.35. The van der Waals surface area contributed by atoms with Crippen LogP contribution in [-0.4, -0.2) is 28.3 Å². The lowest BCUT2D eigenvalue weighted by Gasteiger charge is -2.09. The van der Waals surface area contributed by atoms with Gasteiger partial charge in [-0.2, -0.15) is 0 Å². The molecule has 0 aliphatic rings. The third-order valence-corrected chi connectivity index (χ3v) is 5.27. The van der Waals surface area contributed by atoms with Gasteiger partial charge in [0.15, 0.2) is 12.4 Å². The van der Waals surface area contributed by atoms with Crippen LogP contribution < -0.4 is 10.1 Å². The number of hydrogen-bond donors (Lipinski definition) is 1. The van der Waals surface area contributed by atoms with E-state index in [1.54, 1.807) is 36.4 Å². The number of amides is 1. The number of nitrogens with zero attached hydrogens (tertiary/aromatic N) is 2. The van der Waals surface area contributed by atoms with Crippen molar-refractivity contribution in [3.8, 4) is 17.0 Å². The van der Waals surface area contributed by atoms with Gasteiger partial charge in [-0.1, -0.05) is 24.3 Å². The number of aromatic nitrogens is 2. The number of Topliss-reactive ketones (excluding diaryl/α,β-unsaturated/α-hetero) is 1. The maximum atomic E-state index is 13.3.